The minimum absolute atomic E-state index is 0.0254. The number of nitrogens with zero attached hydrogens (tertiary/aromatic N) is 1. The first kappa shape index (κ1) is 22.4. The topological polar surface area (TPSA) is 88.2 Å². The molecule has 0 bridgehead atoms. The Balaban J connectivity index is 1.59. The van der Waals surface area contributed by atoms with Crippen LogP contribution in [0.3, 0.4) is 0 Å². The second kappa shape index (κ2) is 10.2. The summed E-state index contributed by atoms with van der Waals surface area (Å²) in [6.07, 6.45) is 1.53. The molecule has 0 aliphatic carbocycles. The number of benzene rings is 2. The van der Waals surface area contributed by atoms with Gasteiger partial charge in [0.2, 0.25) is 0 Å². The molecule has 2 aliphatic rings. The zero-order chi connectivity index (χ0) is 21.8. The van der Waals surface area contributed by atoms with Crippen molar-refractivity contribution in [2.45, 2.75) is 57.5 Å². The molecule has 2 saturated heterocycles. The van der Waals surface area contributed by atoms with Crippen LogP contribution in [0.5, 0.6) is 0 Å². The van der Waals surface area contributed by atoms with Crippen molar-refractivity contribution in [1.29, 1.82) is 0 Å². The summed E-state index contributed by atoms with van der Waals surface area (Å²) in [7, 11) is 0. The second-order valence-corrected chi connectivity index (χ2v) is 8.74. The highest BCUT2D eigenvalue weighted by molar-refractivity contribution is 5.27. The first-order valence-corrected chi connectivity index (χ1v) is 11.3. The van der Waals surface area contributed by atoms with Gasteiger partial charge in [-0.1, -0.05) is 55.5 Å². The minimum atomic E-state index is -0.467. The molecule has 4 rings (SSSR count). The number of nitrogens with two attached hydrogens (primary N) is 1. The molecule has 0 aromatic heterocycles. The van der Waals surface area contributed by atoms with Gasteiger partial charge >= 0.3 is 0 Å². The van der Waals surface area contributed by atoms with Crippen LogP contribution in [-0.2, 0) is 22.6 Å². The standard InChI is InChI=1S/C25H34N2O4/c1-17-23(14-27-12-2-3-22(27)16-29)30-25(21-10-4-18(13-26)5-11-21)31-24(17)20-8-6-19(15-28)7-9-20/h4-11,17,22-25,28-29H,2-3,12-16,26H2,1H3/t17-,22-,23+,24+,25?/m0/s1. The van der Waals surface area contributed by atoms with E-state index in [9.17, 15) is 10.2 Å². The van der Waals surface area contributed by atoms with E-state index < -0.39 is 6.29 Å². The van der Waals surface area contributed by atoms with Crippen molar-refractivity contribution >= 4 is 0 Å². The monoisotopic (exact) mass is 426 g/mol. The van der Waals surface area contributed by atoms with Gasteiger partial charge in [0, 0.05) is 30.6 Å². The summed E-state index contributed by atoms with van der Waals surface area (Å²) in [5.41, 5.74) is 9.77. The van der Waals surface area contributed by atoms with E-state index in [0.29, 0.717) is 6.54 Å². The predicted molar refractivity (Wildman–Crippen MR) is 119 cm³/mol. The molecule has 2 fully saturated rings. The Morgan fingerprint density at radius 2 is 1.65 bits per heavy atom. The normalized spacial score (nSPS) is 29.4. The van der Waals surface area contributed by atoms with Crippen LogP contribution in [-0.4, -0.2) is 47.0 Å². The number of aliphatic hydroxyl groups excluding tert-OH is 2. The smallest absolute Gasteiger partial charge is 0.184 e. The van der Waals surface area contributed by atoms with Gasteiger partial charge in [-0.3, -0.25) is 4.90 Å². The molecule has 2 aromatic carbocycles. The Kier molecular flexibility index (Phi) is 7.38. The molecule has 4 N–H and O–H groups in total. The van der Waals surface area contributed by atoms with E-state index >= 15 is 0 Å². The molecule has 0 spiro atoms. The molecular formula is C25H34N2O4. The van der Waals surface area contributed by atoms with Crippen LogP contribution in [0.25, 0.3) is 0 Å². The zero-order valence-electron chi connectivity index (χ0n) is 18.2. The van der Waals surface area contributed by atoms with Gasteiger partial charge in [0.25, 0.3) is 0 Å². The number of aliphatic hydroxyl groups is 2. The maximum absolute atomic E-state index is 9.75. The van der Waals surface area contributed by atoms with Gasteiger partial charge in [-0.15, -0.1) is 0 Å². The van der Waals surface area contributed by atoms with E-state index in [0.717, 1.165) is 48.2 Å². The molecule has 168 valence electrons. The fourth-order valence-electron chi connectivity index (χ4n) is 4.71. The lowest BCUT2D eigenvalue weighted by atomic mass is 9.90. The summed E-state index contributed by atoms with van der Waals surface area (Å²) in [5, 5.41) is 19.1. The molecule has 6 nitrogen and oxygen atoms in total. The lowest BCUT2D eigenvalue weighted by molar-refractivity contribution is -0.276. The third kappa shape index (κ3) is 5.00. The van der Waals surface area contributed by atoms with Crippen LogP contribution < -0.4 is 5.73 Å². The summed E-state index contributed by atoms with van der Waals surface area (Å²) in [6.45, 7) is 4.66. The SMILES string of the molecule is C[C@H]1[C@@H](CN2CCC[C@H]2CO)OC(c2ccc(CN)cc2)O[C@H]1c1ccc(CO)cc1. The van der Waals surface area contributed by atoms with Crippen molar-refractivity contribution in [2.75, 3.05) is 19.7 Å². The number of ether oxygens (including phenoxy) is 2. The third-order valence-electron chi connectivity index (χ3n) is 6.74. The third-order valence-corrected chi connectivity index (χ3v) is 6.74. The fourth-order valence-corrected chi connectivity index (χ4v) is 4.71. The summed E-state index contributed by atoms with van der Waals surface area (Å²) >= 11 is 0. The lowest BCUT2D eigenvalue weighted by Gasteiger charge is -2.43. The van der Waals surface area contributed by atoms with Crippen molar-refractivity contribution in [3.63, 3.8) is 0 Å². The molecule has 6 heteroatoms. The highest BCUT2D eigenvalue weighted by Gasteiger charge is 2.40. The number of hydrogen-bond acceptors (Lipinski definition) is 6. The summed E-state index contributed by atoms with van der Waals surface area (Å²) in [6, 6.07) is 16.3. The second-order valence-electron chi connectivity index (χ2n) is 8.74. The molecule has 0 saturated carbocycles. The first-order valence-electron chi connectivity index (χ1n) is 11.3. The largest absolute Gasteiger partial charge is 0.395 e. The maximum atomic E-state index is 9.75. The lowest BCUT2D eigenvalue weighted by Crippen LogP contribution is -2.46. The Morgan fingerprint density at radius 3 is 2.29 bits per heavy atom. The van der Waals surface area contributed by atoms with Crippen LogP contribution in [0.2, 0.25) is 0 Å². The van der Waals surface area contributed by atoms with Gasteiger partial charge < -0.3 is 25.4 Å². The Hall–Kier alpha value is -1.80. The quantitative estimate of drug-likeness (QED) is 0.631. The van der Waals surface area contributed by atoms with Crippen molar-refractivity contribution in [3.05, 3.63) is 70.8 Å². The van der Waals surface area contributed by atoms with E-state index in [4.69, 9.17) is 15.2 Å². The maximum Gasteiger partial charge on any atom is 0.184 e. The van der Waals surface area contributed by atoms with E-state index in [2.05, 4.69) is 11.8 Å². The van der Waals surface area contributed by atoms with Gasteiger partial charge in [-0.05, 0) is 36.1 Å². The molecule has 1 unspecified atom stereocenters. The molecule has 2 aromatic rings. The Bertz CT molecular complexity index is 826. The molecular weight excluding hydrogens is 392 g/mol. The van der Waals surface area contributed by atoms with Crippen molar-refractivity contribution in [3.8, 4) is 0 Å². The summed E-state index contributed by atoms with van der Waals surface area (Å²) in [4.78, 5) is 2.35. The van der Waals surface area contributed by atoms with Gasteiger partial charge in [0.1, 0.15) is 0 Å². The van der Waals surface area contributed by atoms with Gasteiger partial charge in [-0.25, -0.2) is 0 Å². The van der Waals surface area contributed by atoms with Crippen molar-refractivity contribution in [2.24, 2.45) is 11.7 Å². The van der Waals surface area contributed by atoms with Gasteiger partial charge in [0.15, 0.2) is 6.29 Å². The Morgan fingerprint density at radius 1 is 0.968 bits per heavy atom. The van der Waals surface area contributed by atoms with Gasteiger partial charge in [-0.2, -0.15) is 0 Å². The highest BCUT2D eigenvalue weighted by atomic mass is 16.7. The number of rotatable bonds is 7. The number of hydrogen-bond donors (Lipinski definition) is 3. The van der Waals surface area contributed by atoms with E-state index in [1.165, 1.54) is 0 Å². The average molecular weight is 427 g/mol. The molecule has 5 atom stereocenters. The van der Waals surface area contributed by atoms with Crippen LogP contribution >= 0.6 is 0 Å². The van der Waals surface area contributed by atoms with E-state index in [-0.39, 0.29) is 37.4 Å². The Labute approximate surface area is 184 Å². The molecule has 0 radical (unpaired) electrons. The zero-order valence-corrected chi connectivity index (χ0v) is 18.2. The predicted octanol–water partition coefficient (Wildman–Crippen LogP) is 2.89. The van der Waals surface area contributed by atoms with Crippen molar-refractivity contribution < 1.29 is 19.7 Å². The summed E-state index contributed by atoms with van der Waals surface area (Å²) in [5.74, 6) is 0.138. The van der Waals surface area contributed by atoms with E-state index in [1.54, 1.807) is 0 Å². The van der Waals surface area contributed by atoms with Crippen LogP contribution in [0, 0.1) is 5.92 Å². The highest BCUT2D eigenvalue weighted by Crippen LogP contribution is 2.42. The van der Waals surface area contributed by atoms with Crippen LogP contribution in [0.15, 0.2) is 48.5 Å². The first-order chi connectivity index (χ1) is 15.1. The van der Waals surface area contributed by atoms with E-state index in [1.807, 2.05) is 48.5 Å². The van der Waals surface area contributed by atoms with Crippen LogP contribution in [0.4, 0.5) is 0 Å². The van der Waals surface area contributed by atoms with Crippen LogP contribution in [0.1, 0.15) is 54.4 Å². The molecule has 2 heterocycles. The molecule has 31 heavy (non-hydrogen) atoms. The molecule has 0 amide bonds. The fraction of sp³-hybridized carbons (Fsp3) is 0.520. The summed E-state index contributed by atoms with van der Waals surface area (Å²) < 4.78 is 13.0. The van der Waals surface area contributed by atoms with Gasteiger partial charge in [0.05, 0.1) is 25.4 Å². The average Bonchev–Trinajstić information content (AvgIpc) is 3.27. The molecule has 2 aliphatic heterocycles. The number of likely N-dealkylation sites (tertiary alicyclic amines) is 1. The minimum Gasteiger partial charge on any atom is -0.395 e. The van der Waals surface area contributed by atoms with Crippen molar-refractivity contribution in [1.82, 2.24) is 4.90 Å².